The molecule has 0 spiro atoms. The van der Waals surface area contributed by atoms with Gasteiger partial charge in [-0.1, -0.05) is 24.3 Å². The Morgan fingerprint density at radius 3 is 2.12 bits per heavy atom. The smallest absolute Gasteiger partial charge is 0.328 e. The number of nitrogens with zero attached hydrogens (tertiary/aromatic N) is 4. The van der Waals surface area contributed by atoms with E-state index < -0.39 is 0 Å². The number of nitrogen functional groups attached to an aromatic ring is 1. The topological polar surface area (TPSA) is 168 Å². The van der Waals surface area contributed by atoms with Crippen LogP contribution in [-0.4, -0.2) is 123 Å². The largest absolute Gasteiger partial charge is 0.461 e. The van der Waals surface area contributed by atoms with Gasteiger partial charge in [0.2, 0.25) is 0 Å². The second-order valence-electron chi connectivity index (χ2n) is 9.17. The highest BCUT2D eigenvalue weighted by Gasteiger charge is 2.15. The average Bonchev–Trinajstić information content (AvgIpc) is 3.27. The molecule has 2 aromatic heterocycles. The van der Waals surface area contributed by atoms with Gasteiger partial charge in [0, 0.05) is 20.2 Å². The summed E-state index contributed by atoms with van der Waals surface area (Å²) in [6.07, 6.45) is 0. The van der Waals surface area contributed by atoms with Crippen molar-refractivity contribution in [2.75, 3.05) is 99.1 Å². The summed E-state index contributed by atoms with van der Waals surface area (Å²) < 4.78 is 33.6. The van der Waals surface area contributed by atoms with E-state index in [4.69, 9.17) is 39.3 Å². The van der Waals surface area contributed by atoms with Crippen molar-refractivity contribution in [1.82, 2.24) is 24.4 Å². The SMILES string of the molecule is COCCOc1nc(N)c2[nH]c(=O)n(Cc3ccc(CN(C)CCOCCOCCOCCOCCO)cc3)c2n1. The lowest BCUT2D eigenvalue weighted by Gasteiger charge is -2.17. The molecule has 0 saturated carbocycles. The first-order chi connectivity index (χ1) is 20.0. The van der Waals surface area contributed by atoms with Gasteiger partial charge in [0.05, 0.1) is 72.6 Å². The molecule has 14 heteroatoms. The molecule has 0 radical (unpaired) electrons. The number of hydrogen-bond acceptors (Lipinski definition) is 12. The molecule has 0 aliphatic rings. The van der Waals surface area contributed by atoms with E-state index in [0.717, 1.165) is 24.2 Å². The van der Waals surface area contributed by atoms with E-state index in [-0.39, 0.29) is 30.7 Å². The maximum absolute atomic E-state index is 12.6. The zero-order valence-electron chi connectivity index (χ0n) is 23.9. The monoisotopic (exact) mass is 578 g/mol. The molecule has 14 nitrogen and oxygen atoms in total. The van der Waals surface area contributed by atoms with E-state index in [1.807, 2.05) is 31.3 Å². The van der Waals surface area contributed by atoms with Gasteiger partial charge < -0.3 is 44.2 Å². The minimum Gasteiger partial charge on any atom is -0.461 e. The standard InChI is InChI=1S/C27H42N6O8/c1-32(7-9-37-12-14-39-16-17-40-15-13-38-10-8-34)19-21-3-5-22(6-4-21)20-33-25-23(29-27(33)35)24(28)30-26(31-25)41-18-11-36-2/h3-6,34H,7-20H2,1-2H3,(H,29,35)(H2,28,30,31). The van der Waals surface area contributed by atoms with Crippen LogP contribution in [-0.2, 0) is 36.8 Å². The highest BCUT2D eigenvalue weighted by atomic mass is 16.6. The third-order valence-corrected chi connectivity index (χ3v) is 5.93. The Kier molecular flexibility index (Phi) is 14.5. The number of aliphatic hydroxyl groups is 1. The average molecular weight is 579 g/mol. The number of anilines is 1. The first-order valence-corrected chi connectivity index (χ1v) is 13.6. The maximum atomic E-state index is 12.6. The Balaban J connectivity index is 1.36. The number of ether oxygens (including phenoxy) is 6. The van der Waals surface area contributed by atoms with Crippen LogP contribution in [0.15, 0.2) is 29.1 Å². The summed E-state index contributed by atoms with van der Waals surface area (Å²) in [5.74, 6) is 0.149. The van der Waals surface area contributed by atoms with Crippen LogP contribution in [0, 0.1) is 0 Å². The van der Waals surface area contributed by atoms with Gasteiger partial charge in [-0.05, 0) is 18.2 Å². The molecule has 0 amide bonds. The molecule has 0 aliphatic carbocycles. The van der Waals surface area contributed by atoms with Crippen LogP contribution in [0.5, 0.6) is 6.01 Å². The molecule has 41 heavy (non-hydrogen) atoms. The number of nitrogens with one attached hydrogen (secondary N) is 1. The molecule has 0 atom stereocenters. The summed E-state index contributed by atoms with van der Waals surface area (Å²) in [6, 6.07) is 8.18. The number of aromatic nitrogens is 4. The van der Waals surface area contributed by atoms with Gasteiger partial charge in [0.25, 0.3) is 0 Å². The summed E-state index contributed by atoms with van der Waals surface area (Å²) in [6.45, 7) is 6.44. The molecule has 3 aromatic rings. The normalized spacial score (nSPS) is 11.6. The van der Waals surface area contributed by atoms with Crippen molar-refractivity contribution in [2.24, 2.45) is 0 Å². The van der Waals surface area contributed by atoms with Crippen LogP contribution >= 0.6 is 0 Å². The fourth-order valence-corrected chi connectivity index (χ4v) is 3.83. The lowest BCUT2D eigenvalue weighted by atomic mass is 10.1. The van der Waals surface area contributed by atoms with Gasteiger partial charge in [-0.3, -0.25) is 9.47 Å². The molecular formula is C27H42N6O8. The first kappa shape index (κ1) is 32.4. The summed E-state index contributed by atoms with van der Waals surface area (Å²) in [4.78, 5) is 26.0. The number of hydrogen-bond donors (Lipinski definition) is 3. The molecule has 0 fully saturated rings. The van der Waals surface area contributed by atoms with E-state index in [9.17, 15) is 4.79 Å². The van der Waals surface area contributed by atoms with Crippen LogP contribution in [0.4, 0.5) is 5.82 Å². The van der Waals surface area contributed by atoms with Crippen LogP contribution in [0.3, 0.4) is 0 Å². The van der Waals surface area contributed by atoms with Gasteiger partial charge in [-0.2, -0.15) is 9.97 Å². The molecule has 1 aromatic carbocycles. The number of H-pyrrole nitrogens is 1. The van der Waals surface area contributed by atoms with Crippen LogP contribution in [0.2, 0.25) is 0 Å². The number of aliphatic hydroxyl groups excluding tert-OH is 1. The number of likely N-dealkylation sites (N-methyl/N-ethyl adjacent to an activating group) is 1. The Morgan fingerprint density at radius 1 is 0.878 bits per heavy atom. The Hall–Kier alpha value is -3.11. The first-order valence-electron chi connectivity index (χ1n) is 13.6. The highest BCUT2D eigenvalue weighted by Crippen LogP contribution is 2.19. The number of aromatic amines is 1. The van der Waals surface area contributed by atoms with Gasteiger partial charge in [0.1, 0.15) is 12.1 Å². The number of benzene rings is 1. The van der Waals surface area contributed by atoms with Crippen LogP contribution in [0.25, 0.3) is 11.2 Å². The molecule has 4 N–H and O–H groups in total. The van der Waals surface area contributed by atoms with Gasteiger partial charge in [-0.25, -0.2) is 4.79 Å². The summed E-state index contributed by atoms with van der Waals surface area (Å²) >= 11 is 0. The van der Waals surface area contributed by atoms with Crippen molar-refractivity contribution in [1.29, 1.82) is 0 Å². The van der Waals surface area contributed by atoms with Crippen LogP contribution in [0.1, 0.15) is 11.1 Å². The third-order valence-electron chi connectivity index (χ3n) is 5.93. The fourth-order valence-electron chi connectivity index (χ4n) is 3.83. The van der Waals surface area contributed by atoms with Crippen molar-refractivity contribution in [3.63, 3.8) is 0 Å². The number of methoxy groups -OCH3 is 1. The second-order valence-corrected chi connectivity index (χ2v) is 9.17. The summed E-state index contributed by atoms with van der Waals surface area (Å²) in [5.41, 5.74) is 8.56. The number of fused-ring (bicyclic) bond motifs is 1. The quantitative estimate of drug-likeness (QED) is 0.139. The minimum atomic E-state index is -0.321. The third kappa shape index (κ3) is 11.4. The van der Waals surface area contributed by atoms with E-state index >= 15 is 0 Å². The summed E-state index contributed by atoms with van der Waals surface area (Å²) in [5, 5.41) is 8.61. The molecule has 2 heterocycles. The zero-order chi connectivity index (χ0) is 29.3. The van der Waals surface area contributed by atoms with Crippen molar-refractivity contribution < 1.29 is 33.5 Å². The van der Waals surface area contributed by atoms with E-state index in [2.05, 4.69) is 19.9 Å². The number of imidazole rings is 1. The predicted octanol–water partition coefficient (Wildman–Crippen LogP) is 0.266. The Bertz CT molecular complexity index is 1200. The van der Waals surface area contributed by atoms with E-state index in [1.54, 1.807) is 7.11 Å². The molecule has 0 bridgehead atoms. The molecule has 228 valence electrons. The summed E-state index contributed by atoms with van der Waals surface area (Å²) in [7, 11) is 3.61. The van der Waals surface area contributed by atoms with E-state index in [1.165, 1.54) is 4.57 Å². The molecule has 0 saturated heterocycles. The number of rotatable bonds is 22. The van der Waals surface area contributed by atoms with Crippen molar-refractivity contribution >= 4 is 17.0 Å². The molecule has 0 unspecified atom stereocenters. The van der Waals surface area contributed by atoms with Gasteiger partial charge >= 0.3 is 11.7 Å². The highest BCUT2D eigenvalue weighted by molar-refractivity contribution is 5.81. The number of nitrogens with two attached hydrogens (primary N) is 1. The maximum Gasteiger partial charge on any atom is 0.328 e. The Morgan fingerprint density at radius 2 is 1.49 bits per heavy atom. The van der Waals surface area contributed by atoms with Gasteiger partial charge in [0.15, 0.2) is 11.5 Å². The second kappa shape index (κ2) is 18.3. The zero-order valence-corrected chi connectivity index (χ0v) is 23.9. The molecular weight excluding hydrogens is 536 g/mol. The predicted molar refractivity (Wildman–Crippen MR) is 152 cm³/mol. The lowest BCUT2D eigenvalue weighted by molar-refractivity contribution is -0.00687. The van der Waals surface area contributed by atoms with Crippen molar-refractivity contribution in [2.45, 2.75) is 13.1 Å². The van der Waals surface area contributed by atoms with E-state index in [0.29, 0.717) is 77.2 Å². The Labute approximate surface area is 239 Å². The van der Waals surface area contributed by atoms with Crippen molar-refractivity contribution in [3.05, 3.63) is 45.9 Å². The minimum absolute atomic E-state index is 0.0194. The lowest BCUT2D eigenvalue weighted by Crippen LogP contribution is -2.23. The van der Waals surface area contributed by atoms with Crippen LogP contribution < -0.4 is 16.2 Å². The van der Waals surface area contributed by atoms with Crippen molar-refractivity contribution in [3.8, 4) is 6.01 Å². The van der Waals surface area contributed by atoms with Gasteiger partial charge in [-0.15, -0.1) is 0 Å². The fraction of sp³-hybridized carbons (Fsp3) is 0.593. The molecule has 3 rings (SSSR count). The molecule has 0 aliphatic heterocycles.